The molecular formula is C56H36GeS2. The molecule has 0 aliphatic carbocycles. The summed E-state index contributed by atoms with van der Waals surface area (Å²) in [4.78, 5) is 0. The van der Waals surface area contributed by atoms with E-state index in [1.54, 1.807) is 0 Å². The van der Waals surface area contributed by atoms with Crippen LogP contribution in [0.5, 0.6) is 0 Å². The van der Waals surface area contributed by atoms with Crippen molar-refractivity contribution in [2.45, 2.75) is 0 Å². The molecule has 0 bridgehead atoms. The van der Waals surface area contributed by atoms with Crippen LogP contribution in [0.15, 0.2) is 218 Å². The van der Waals surface area contributed by atoms with Crippen molar-refractivity contribution in [2.24, 2.45) is 0 Å². The van der Waals surface area contributed by atoms with Gasteiger partial charge in [0.25, 0.3) is 0 Å². The first-order valence-corrected chi connectivity index (χ1v) is 26.1. The third-order valence-corrected chi connectivity index (χ3v) is 25.2. The summed E-state index contributed by atoms with van der Waals surface area (Å²) in [5.74, 6) is 0. The Morgan fingerprint density at radius 1 is 0.237 bits per heavy atom. The molecule has 0 aliphatic rings. The number of thiophene rings is 2. The van der Waals surface area contributed by atoms with Crippen molar-refractivity contribution in [1.82, 2.24) is 0 Å². The van der Waals surface area contributed by atoms with Gasteiger partial charge in [-0.15, -0.1) is 0 Å². The first kappa shape index (κ1) is 34.7. The maximum atomic E-state index is 2.52. The summed E-state index contributed by atoms with van der Waals surface area (Å²) < 4.78 is 11.1. The van der Waals surface area contributed by atoms with Gasteiger partial charge in [0.1, 0.15) is 0 Å². The quantitative estimate of drug-likeness (QED) is 0.146. The number of hydrogen-bond donors (Lipinski definition) is 0. The molecule has 0 N–H and O–H groups in total. The zero-order chi connectivity index (χ0) is 38.9. The molecule has 10 aromatic carbocycles. The van der Waals surface area contributed by atoms with Gasteiger partial charge in [0, 0.05) is 0 Å². The Morgan fingerprint density at radius 2 is 0.593 bits per heavy atom. The first-order valence-electron chi connectivity index (χ1n) is 20.3. The van der Waals surface area contributed by atoms with E-state index in [1.807, 2.05) is 22.7 Å². The van der Waals surface area contributed by atoms with Gasteiger partial charge < -0.3 is 0 Å². The van der Waals surface area contributed by atoms with Crippen molar-refractivity contribution in [1.29, 1.82) is 0 Å². The zero-order valence-electron chi connectivity index (χ0n) is 32.1. The standard InChI is InChI=1S/C56H36GeS2/c1-3-17-37(18-4-1)57(38-19-5-2-6-20-38,51-35-33-41(39-21-7-9-23-43(39)51)47-27-15-29-49-45-25-11-13-31-53(45)58-55(47)49)52-36-34-42(40-22-8-10-24-44(40)52)48-28-16-30-50-46-26-12-14-32-54(46)59-56(48)50/h1-36H. The molecule has 12 aromatic rings. The maximum absolute atomic E-state index is 3.86. The number of fused-ring (bicyclic) bond motifs is 8. The predicted octanol–water partition coefficient (Wildman–Crippen LogP) is 13.4. The van der Waals surface area contributed by atoms with Crippen LogP contribution in [0.1, 0.15) is 0 Å². The number of benzene rings is 10. The van der Waals surface area contributed by atoms with Crippen molar-refractivity contribution >= 4 is 115 Å². The normalized spacial score (nSPS) is 12.1. The molecule has 2 heterocycles. The minimum absolute atomic E-state index is 1.29. The summed E-state index contributed by atoms with van der Waals surface area (Å²) in [6, 6.07) is 82.7. The van der Waals surface area contributed by atoms with Gasteiger partial charge in [-0.05, 0) is 0 Å². The SMILES string of the molecule is c1cc[c]([Ge]([c]2ccccc2)([c]2ccc(-c3cccc4c3sc3ccccc34)c3ccccc23)[c]2ccc(-c3cccc4c3sc3ccccc34)c3ccccc23)cc1. The predicted molar refractivity (Wildman–Crippen MR) is 262 cm³/mol. The second kappa shape index (κ2) is 13.9. The summed E-state index contributed by atoms with van der Waals surface area (Å²) in [7, 11) is 0. The molecule has 0 unspecified atom stereocenters. The van der Waals surface area contributed by atoms with E-state index in [0.717, 1.165) is 0 Å². The van der Waals surface area contributed by atoms with E-state index in [4.69, 9.17) is 0 Å². The monoisotopic (exact) mass is 846 g/mol. The molecule has 0 amide bonds. The summed E-state index contributed by atoms with van der Waals surface area (Å²) in [5, 5.41) is 10.6. The Kier molecular flexibility index (Phi) is 8.19. The second-order valence-corrected chi connectivity index (χ2v) is 25.4. The third-order valence-electron chi connectivity index (χ3n) is 12.5. The Labute approximate surface area is 353 Å². The van der Waals surface area contributed by atoms with Crippen LogP contribution in [0.3, 0.4) is 0 Å². The fourth-order valence-corrected chi connectivity index (χ4v) is 23.2. The van der Waals surface area contributed by atoms with Gasteiger partial charge in [0.15, 0.2) is 0 Å². The van der Waals surface area contributed by atoms with Gasteiger partial charge in [-0.1, -0.05) is 0 Å². The van der Waals surface area contributed by atoms with Crippen LogP contribution >= 0.6 is 22.7 Å². The van der Waals surface area contributed by atoms with Crippen LogP contribution in [0.25, 0.3) is 84.1 Å². The van der Waals surface area contributed by atoms with E-state index in [2.05, 4.69) is 218 Å². The van der Waals surface area contributed by atoms with Gasteiger partial charge >= 0.3 is 356 Å². The van der Waals surface area contributed by atoms with Gasteiger partial charge in [-0.3, -0.25) is 0 Å². The third kappa shape index (κ3) is 5.27. The van der Waals surface area contributed by atoms with Crippen molar-refractivity contribution in [2.75, 3.05) is 0 Å². The van der Waals surface area contributed by atoms with Crippen LogP contribution in [-0.4, -0.2) is 13.3 Å². The van der Waals surface area contributed by atoms with E-state index >= 15 is 0 Å². The van der Waals surface area contributed by atoms with Gasteiger partial charge in [0.05, 0.1) is 0 Å². The Morgan fingerprint density at radius 3 is 1.03 bits per heavy atom. The van der Waals surface area contributed by atoms with Crippen molar-refractivity contribution < 1.29 is 0 Å². The average molecular weight is 846 g/mol. The van der Waals surface area contributed by atoms with Crippen LogP contribution in [0.4, 0.5) is 0 Å². The molecular weight excluding hydrogens is 809 g/mol. The van der Waals surface area contributed by atoms with Crippen molar-refractivity contribution in [3.05, 3.63) is 218 Å². The Hall–Kier alpha value is -6.30. The fraction of sp³-hybridized carbons (Fsp3) is 0. The van der Waals surface area contributed by atoms with Crippen LogP contribution in [0, 0.1) is 0 Å². The second-order valence-electron chi connectivity index (χ2n) is 15.5. The van der Waals surface area contributed by atoms with Gasteiger partial charge in [0.2, 0.25) is 0 Å². The van der Waals surface area contributed by atoms with E-state index in [-0.39, 0.29) is 0 Å². The molecule has 0 fully saturated rings. The minimum atomic E-state index is -3.86. The topological polar surface area (TPSA) is 0 Å². The zero-order valence-corrected chi connectivity index (χ0v) is 35.8. The Balaban J connectivity index is 1.18. The molecule has 276 valence electrons. The molecule has 0 aliphatic heterocycles. The number of rotatable bonds is 6. The molecule has 59 heavy (non-hydrogen) atoms. The summed E-state index contributed by atoms with van der Waals surface area (Å²) >= 11 is -0.0475. The molecule has 0 saturated carbocycles. The van der Waals surface area contributed by atoms with E-state index in [0.29, 0.717) is 0 Å². The molecule has 0 radical (unpaired) electrons. The fourth-order valence-electron chi connectivity index (χ4n) is 9.95. The van der Waals surface area contributed by atoms with E-state index in [9.17, 15) is 0 Å². The summed E-state index contributed by atoms with van der Waals surface area (Å²) in [6.45, 7) is 0. The first-order chi connectivity index (χ1) is 29.3. The van der Waals surface area contributed by atoms with Crippen molar-refractivity contribution in [3.8, 4) is 22.3 Å². The summed E-state index contributed by atoms with van der Waals surface area (Å²) in [6.07, 6.45) is 0. The van der Waals surface area contributed by atoms with Gasteiger partial charge in [-0.2, -0.15) is 0 Å². The molecule has 0 atom stereocenters. The molecule has 0 nitrogen and oxygen atoms in total. The molecule has 3 heteroatoms. The molecule has 0 saturated heterocycles. The number of hydrogen-bond acceptors (Lipinski definition) is 2. The average Bonchev–Trinajstić information content (AvgIpc) is 3.89. The Bertz CT molecular complexity index is 3320. The van der Waals surface area contributed by atoms with Crippen LogP contribution in [-0.2, 0) is 0 Å². The molecule has 12 rings (SSSR count). The van der Waals surface area contributed by atoms with E-state index in [1.165, 1.54) is 102 Å². The van der Waals surface area contributed by atoms with Crippen LogP contribution < -0.4 is 17.6 Å². The van der Waals surface area contributed by atoms with Crippen molar-refractivity contribution in [3.63, 3.8) is 0 Å². The molecule has 0 spiro atoms. The molecule has 2 aromatic heterocycles. The van der Waals surface area contributed by atoms with E-state index < -0.39 is 13.3 Å². The van der Waals surface area contributed by atoms with Crippen LogP contribution in [0.2, 0.25) is 0 Å². The van der Waals surface area contributed by atoms with Gasteiger partial charge in [-0.25, -0.2) is 0 Å². The summed E-state index contributed by atoms with van der Waals surface area (Å²) in [5.41, 5.74) is 5.18.